The molecule has 1 aromatic heterocycles. The Balaban J connectivity index is 1.29. The molecule has 38 heavy (non-hydrogen) atoms. The van der Waals surface area contributed by atoms with Gasteiger partial charge in [-0.15, -0.1) is 0 Å². The molecule has 2 aliphatic heterocycles. The van der Waals surface area contributed by atoms with Gasteiger partial charge in [0.1, 0.15) is 5.82 Å². The summed E-state index contributed by atoms with van der Waals surface area (Å²) >= 11 is 0. The lowest BCUT2D eigenvalue weighted by atomic mass is 9.81. The summed E-state index contributed by atoms with van der Waals surface area (Å²) in [5.74, 6) is 0.979. The molecule has 3 aromatic rings. The van der Waals surface area contributed by atoms with E-state index >= 15 is 0 Å². The summed E-state index contributed by atoms with van der Waals surface area (Å²) in [5, 5.41) is 16.1. The van der Waals surface area contributed by atoms with Crippen molar-refractivity contribution in [2.24, 2.45) is 0 Å². The predicted octanol–water partition coefficient (Wildman–Crippen LogP) is 4.95. The third-order valence-corrected chi connectivity index (χ3v) is 8.34. The van der Waals surface area contributed by atoms with Crippen molar-refractivity contribution in [2.45, 2.75) is 63.2 Å². The Hall–Kier alpha value is -3.89. The van der Waals surface area contributed by atoms with Gasteiger partial charge in [0.25, 0.3) is 0 Å². The number of carbonyl (C=O) groups excluding carboxylic acids is 1. The molecule has 0 radical (unpaired) electrons. The lowest BCUT2D eigenvalue weighted by molar-refractivity contribution is -0.114. The van der Waals surface area contributed by atoms with Crippen molar-refractivity contribution in [3.8, 4) is 17.2 Å². The van der Waals surface area contributed by atoms with Crippen LogP contribution >= 0.6 is 0 Å². The van der Waals surface area contributed by atoms with Gasteiger partial charge < -0.3 is 20.4 Å². The lowest BCUT2D eigenvalue weighted by Crippen LogP contribution is -2.72. The van der Waals surface area contributed by atoms with Crippen LogP contribution in [0.4, 0.5) is 17.2 Å². The third kappa shape index (κ3) is 4.84. The highest BCUT2D eigenvalue weighted by Crippen LogP contribution is 2.38. The highest BCUT2D eigenvalue weighted by molar-refractivity contribution is 5.89. The van der Waals surface area contributed by atoms with Crippen LogP contribution in [-0.2, 0) is 4.79 Å². The van der Waals surface area contributed by atoms with E-state index in [0.29, 0.717) is 29.7 Å². The molecule has 2 unspecified atom stereocenters. The Morgan fingerprint density at radius 2 is 1.79 bits per heavy atom. The van der Waals surface area contributed by atoms with Crippen molar-refractivity contribution in [1.82, 2.24) is 10.3 Å². The first kappa shape index (κ1) is 24.4. The number of hydrogen-bond donors (Lipinski definition) is 2. The molecular formula is C31H34N6O. The first-order valence-electron chi connectivity index (χ1n) is 13.7. The van der Waals surface area contributed by atoms with Gasteiger partial charge in [-0.1, -0.05) is 25.0 Å². The Kier molecular flexibility index (Phi) is 6.73. The minimum absolute atomic E-state index is 0.0693. The molecule has 2 saturated heterocycles. The maximum Gasteiger partial charge on any atom is 0.221 e. The molecule has 6 rings (SSSR count). The largest absolute Gasteiger partial charge is 0.370 e. The Bertz CT molecular complexity index is 1350. The van der Waals surface area contributed by atoms with Crippen molar-refractivity contribution in [3.63, 3.8) is 0 Å². The van der Waals surface area contributed by atoms with E-state index < -0.39 is 0 Å². The number of anilines is 3. The molecule has 3 fully saturated rings. The SMILES string of the molecule is CC(=O)Nc1cccc(-c2ccnc(N3C4CCN(c5ccc(C#N)cc5)CC4N[C@@H]4CCCC[C@H]43)c2)c1. The molecule has 3 aliphatic rings. The van der Waals surface area contributed by atoms with Crippen molar-refractivity contribution < 1.29 is 4.79 Å². The number of rotatable bonds is 4. The van der Waals surface area contributed by atoms with E-state index in [1.165, 1.54) is 38.3 Å². The van der Waals surface area contributed by atoms with Crippen LogP contribution in [0.25, 0.3) is 11.1 Å². The van der Waals surface area contributed by atoms with Crippen molar-refractivity contribution in [3.05, 3.63) is 72.4 Å². The minimum atomic E-state index is -0.0693. The quantitative estimate of drug-likeness (QED) is 0.521. The van der Waals surface area contributed by atoms with Gasteiger partial charge in [0, 0.05) is 61.8 Å². The maximum absolute atomic E-state index is 11.6. The van der Waals surface area contributed by atoms with E-state index in [4.69, 9.17) is 4.98 Å². The summed E-state index contributed by atoms with van der Waals surface area (Å²) in [6.07, 6.45) is 7.87. The molecule has 7 heteroatoms. The highest BCUT2D eigenvalue weighted by atomic mass is 16.1. The number of nitriles is 1. The number of benzene rings is 2. The van der Waals surface area contributed by atoms with Crippen LogP contribution in [0, 0.1) is 11.3 Å². The molecular weight excluding hydrogens is 472 g/mol. The summed E-state index contributed by atoms with van der Waals surface area (Å²) in [4.78, 5) is 21.6. The van der Waals surface area contributed by atoms with Crippen LogP contribution in [0.15, 0.2) is 66.9 Å². The summed E-state index contributed by atoms with van der Waals surface area (Å²) in [5.41, 5.74) is 4.87. The average molecular weight is 507 g/mol. The van der Waals surface area contributed by atoms with Gasteiger partial charge in [-0.25, -0.2) is 4.98 Å². The van der Waals surface area contributed by atoms with Crippen LogP contribution in [0.2, 0.25) is 0 Å². The van der Waals surface area contributed by atoms with Crippen LogP contribution in [0.3, 0.4) is 0 Å². The van der Waals surface area contributed by atoms with Crippen LogP contribution in [0.5, 0.6) is 0 Å². The Labute approximate surface area is 224 Å². The standard InChI is InChI=1S/C31H34N6O/c1-21(38)34-25-6-4-5-23(17-25)24-13-15-33-31(18-24)37-29-8-3-2-7-27(29)35-28-20-36(16-14-30(28)37)26-11-9-22(19-32)10-12-26/h4-6,9-13,15,17-18,27-30,35H,2-3,7-8,14,16,20H2,1H3,(H,34,38)/t27-,28?,29-,30?/m1/s1. The Morgan fingerprint density at radius 1 is 1.00 bits per heavy atom. The zero-order chi connectivity index (χ0) is 26.1. The molecule has 194 valence electrons. The summed E-state index contributed by atoms with van der Waals surface area (Å²) < 4.78 is 0. The zero-order valence-electron chi connectivity index (χ0n) is 21.8. The van der Waals surface area contributed by atoms with Gasteiger partial charge in [-0.2, -0.15) is 5.26 Å². The van der Waals surface area contributed by atoms with Gasteiger partial charge in [-0.05, 0) is 78.9 Å². The van der Waals surface area contributed by atoms with Crippen LogP contribution in [0.1, 0.15) is 44.6 Å². The highest BCUT2D eigenvalue weighted by Gasteiger charge is 2.46. The van der Waals surface area contributed by atoms with Gasteiger partial charge >= 0.3 is 0 Å². The maximum atomic E-state index is 11.6. The summed E-state index contributed by atoms with van der Waals surface area (Å²) in [6.45, 7) is 3.45. The Morgan fingerprint density at radius 3 is 2.61 bits per heavy atom. The molecule has 4 atom stereocenters. The van der Waals surface area contributed by atoms with Gasteiger partial charge in [0.05, 0.1) is 11.6 Å². The number of piperidine rings is 1. The molecule has 2 N–H and O–H groups in total. The molecule has 2 aromatic carbocycles. The summed E-state index contributed by atoms with van der Waals surface area (Å²) in [7, 11) is 0. The monoisotopic (exact) mass is 506 g/mol. The molecule has 0 spiro atoms. The fourth-order valence-electron chi connectivity index (χ4n) is 6.64. The van der Waals surface area contributed by atoms with Crippen molar-refractivity contribution in [2.75, 3.05) is 28.2 Å². The smallest absolute Gasteiger partial charge is 0.221 e. The first-order chi connectivity index (χ1) is 18.6. The van der Waals surface area contributed by atoms with Crippen molar-refractivity contribution in [1.29, 1.82) is 5.26 Å². The number of carbonyl (C=O) groups is 1. The van der Waals surface area contributed by atoms with E-state index in [2.05, 4.69) is 56.8 Å². The van der Waals surface area contributed by atoms with E-state index in [9.17, 15) is 10.1 Å². The van der Waals surface area contributed by atoms with E-state index in [0.717, 1.165) is 42.1 Å². The number of nitrogens with zero attached hydrogens (tertiary/aromatic N) is 4. The van der Waals surface area contributed by atoms with Crippen LogP contribution < -0.4 is 20.4 Å². The molecule has 3 heterocycles. The summed E-state index contributed by atoms with van der Waals surface area (Å²) in [6, 6.07) is 24.1. The number of piperazine rings is 1. The molecule has 0 bridgehead atoms. The van der Waals surface area contributed by atoms with E-state index in [-0.39, 0.29) is 5.91 Å². The second-order valence-electron chi connectivity index (χ2n) is 10.8. The van der Waals surface area contributed by atoms with Crippen LogP contribution in [-0.4, -0.2) is 48.1 Å². The van der Waals surface area contributed by atoms with Gasteiger partial charge in [-0.3, -0.25) is 4.79 Å². The number of aromatic nitrogens is 1. The predicted molar refractivity (Wildman–Crippen MR) is 151 cm³/mol. The molecule has 1 saturated carbocycles. The number of pyridine rings is 1. The van der Waals surface area contributed by atoms with Crippen molar-refractivity contribution >= 4 is 23.1 Å². The zero-order valence-corrected chi connectivity index (χ0v) is 21.8. The normalized spacial score (nSPS) is 24.6. The second kappa shape index (κ2) is 10.5. The van der Waals surface area contributed by atoms with Gasteiger partial charge in [0.15, 0.2) is 0 Å². The third-order valence-electron chi connectivity index (χ3n) is 8.34. The molecule has 7 nitrogen and oxygen atoms in total. The number of hydrogen-bond acceptors (Lipinski definition) is 6. The molecule has 1 aliphatic carbocycles. The second-order valence-corrected chi connectivity index (χ2v) is 10.8. The minimum Gasteiger partial charge on any atom is -0.370 e. The fraction of sp³-hybridized carbons (Fsp3) is 0.387. The van der Waals surface area contributed by atoms with Gasteiger partial charge in [0.2, 0.25) is 5.91 Å². The van der Waals surface area contributed by atoms with E-state index in [1.807, 2.05) is 36.5 Å². The first-order valence-corrected chi connectivity index (χ1v) is 13.7. The number of fused-ring (bicyclic) bond motifs is 2. The van der Waals surface area contributed by atoms with E-state index in [1.54, 1.807) is 0 Å². The molecule has 1 amide bonds. The average Bonchev–Trinajstić information content (AvgIpc) is 2.95. The number of nitrogens with one attached hydrogen (secondary N) is 2. The topological polar surface area (TPSA) is 84.3 Å². The lowest BCUT2D eigenvalue weighted by Gasteiger charge is -2.56. The fourth-order valence-corrected chi connectivity index (χ4v) is 6.64. The number of amides is 1.